The third-order valence-corrected chi connectivity index (χ3v) is 5.19. The van der Waals surface area contributed by atoms with Crippen LogP contribution in [-0.2, 0) is 0 Å². The number of aliphatic imine (C=N–C) groups is 1. The molecule has 0 spiro atoms. The van der Waals surface area contributed by atoms with Gasteiger partial charge in [-0.1, -0.05) is 24.9 Å². The molecular formula is C12H27N3Si2. The summed E-state index contributed by atoms with van der Waals surface area (Å²) in [6.45, 7) is 2.01. The van der Waals surface area contributed by atoms with E-state index in [1.165, 1.54) is 58.3 Å². The topological polar surface area (TPSA) is 39.5 Å². The fraction of sp³-hybridized carbons (Fsp3) is 0.833. The van der Waals surface area contributed by atoms with E-state index in [0.29, 0.717) is 0 Å². The molecule has 17 heavy (non-hydrogen) atoms. The summed E-state index contributed by atoms with van der Waals surface area (Å²) in [7, 11) is 2.61. The van der Waals surface area contributed by atoms with Gasteiger partial charge in [0.1, 0.15) is 0 Å². The molecule has 0 saturated carbocycles. The second kappa shape index (κ2) is 7.81. The summed E-state index contributed by atoms with van der Waals surface area (Å²) in [4.78, 5) is 6.81. The highest BCUT2D eigenvalue weighted by atomic mass is 28.1. The second-order valence-electron chi connectivity index (χ2n) is 5.05. The van der Waals surface area contributed by atoms with Crippen LogP contribution >= 0.6 is 0 Å². The number of rotatable bonds is 9. The van der Waals surface area contributed by atoms with Gasteiger partial charge in [-0.15, -0.1) is 0 Å². The van der Waals surface area contributed by atoms with Crippen molar-refractivity contribution in [1.29, 1.82) is 5.41 Å². The maximum atomic E-state index is 7.51. The molecule has 5 heteroatoms. The minimum Gasteiger partial charge on any atom is -0.355 e. The van der Waals surface area contributed by atoms with Crippen LogP contribution in [0.25, 0.3) is 0 Å². The summed E-state index contributed by atoms with van der Waals surface area (Å²) >= 11 is 0. The first-order chi connectivity index (χ1) is 8.29. The van der Waals surface area contributed by atoms with E-state index in [9.17, 15) is 0 Å². The average molecular weight is 270 g/mol. The minimum atomic E-state index is 0.219. The molecule has 0 aliphatic carbocycles. The Labute approximate surface area is 111 Å². The van der Waals surface area contributed by atoms with Crippen LogP contribution in [0.4, 0.5) is 0 Å². The van der Waals surface area contributed by atoms with Crippen LogP contribution in [0.1, 0.15) is 32.1 Å². The predicted octanol–water partition coefficient (Wildman–Crippen LogP) is 0.237. The van der Waals surface area contributed by atoms with E-state index in [1.807, 2.05) is 6.34 Å². The van der Waals surface area contributed by atoms with Gasteiger partial charge in [-0.25, -0.2) is 0 Å². The Morgan fingerprint density at radius 3 is 2.35 bits per heavy atom. The van der Waals surface area contributed by atoms with Crippen LogP contribution in [0.15, 0.2) is 4.99 Å². The molecule has 0 aromatic carbocycles. The molecule has 0 atom stereocenters. The number of hydrogen-bond acceptors (Lipinski definition) is 3. The average Bonchev–Trinajstić information content (AvgIpc) is 2.87. The van der Waals surface area contributed by atoms with E-state index < -0.39 is 0 Å². The van der Waals surface area contributed by atoms with Gasteiger partial charge in [0, 0.05) is 39.0 Å². The Morgan fingerprint density at radius 1 is 1.29 bits per heavy atom. The molecule has 0 aromatic rings. The number of nitrogens with one attached hydrogen (secondary N) is 1. The zero-order chi connectivity index (χ0) is 12.6. The summed E-state index contributed by atoms with van der Waals surface area (Å²) in [6.07, 6.45) is 9.72. The minimum absolute atomic E-state index is 0.219. The molecule has 1 aliphatic heterocycles. The highest BCUT2D eigenvalue weighted by Gasteiger charge is 2.34. The Kier molecular flexibility index (Phi) is 6.73. The zero-order valence-electron chi connectivity index (χ0n) is 11.4. The van der Waals surface area contributed by atoms with Gasteiger partial charge in [-0.3, -0.25) is 4.99 Å². The van der Waals surface area contributed by atoms with Gasteiger partial charge in [0.05, 0.1) is 12.9 Å². The monoisotopic (exact) mass is 269 g/mol. The summed E-state index contributed by atoms with van der Waals surface area (Å²) in [5, 5.41) is 7.51. The van der Waals surface area contributed by atoms with Gasteiger partial charge >= 0.3 is 0 Å². The largest absolute Gasteiger partial charge is 0.355 e. The smallest absolute Gasteiger partial charge is 0.0855 e. The molecule has 0 saturated heterocycles. The Balaban J connectivity index is 2.74. The van der Waals surface area contributed by atoms with Crippen LogP contribution in [0.2, 0.25) is 12.1 Å². The Morgan fingerprint density at radius 2 is 1.94 bits per heavy atom. The van der Waals surface area contributed by atoms with E-state index in [1.54, 1.807) is 6.21 Å². The SMILES string of the molecule is N=CCC(CCC[SiH3])(CCC[SiH3])N1C=NCC1. The highest BCUT2D eigenvalue weighted by Crippen LogP contribution is 2.31. The van der Waals surface area contributed by atoms with Crippen molar-refractivity contribution >= 4 is 33.0 Å². The van der Waals surface area contributed by atoms with Crippen LogP contribution in [0.3, 0.4) is 0 Å². The van der Waals surface area contributed by atoms with Gasteiger partial charge < -0.3 is 10.3 Å². The van der Waals surface area contributed by atoms with E-state index >= 15 is 0 Å². The molecule has 1 aliphatic rings. The lowest BCUT2D eigenvalue weighted by Gasteiger charge is -2.41. The molecule has 0 bridgehead atoms. The standard InChI is InChI=1S/C12H27N3Si2/c13-6-5-12(3-1-9-16,4-2-10-17)15-8-7-14-11-15/h6,11,13H,1-5,7-10H2,16-17H3. The molecule has 0 aromatic heterocycles. The van der Waals surface area contributed by atoms with Gasteiger partial charge in [0.25, 0.3) is 0 Å². The van der Waals surface area contributed by atoms with Crippen molar-refractivity contribution in [3.8, 4) is 0 Å². The quantitative estimate of drug-likeness (QED) is 0.473. The number of nitrogens with zero attached hydrogens (tertiary/aromatic N) is 2. The van der Waals surface area contributed by atoms with Crippen molar-refractivity contribution in [3.05, 3.63) is 0 Å². The lowest BCUT2D eigenvalue weighted by molar-refractivity contribution is 0.168. The van der Waals surface area contributed by atoms with Crippen LogP contribution in [-0.4, -0.2) is 56.6 Å². The van der Waals surface area contributed by atoms with Gasteiger partial charge in [0.2, 0.25) is 0 Å². The van der Waals surface area contributed by atoms with Crippen molar-refractivity contribution < 1.29 is 0 Å². The fourth-order valence-corrected chi connectivity index (χ4v) is 3.38. The number of hydrogen-bond donors (Lipinski definition) is 1. The van der Waals surface area contributed by atoms with E-state index in [-0.39, 0.29) is 5.54 Å². The van der Waals surface area contributed by atoms with Crippen molar-refractivity contribution in [2.45, 2.75) is 49.7 Å². The van der Waals surface area contributed by atoms with Crippen molar-refractivity contribution in [3.63, 3.8) is 0 Å². The van der Waals surface area contributed by atoms with Gasteiger partial charge in [-0.05, 0) is 19.1 Å². The molecular weight excluding hydrogens is 242 g/mol. The summed E-state index contributed by atoms with van der Waals surface area (Å²) in [6, 6.07) is 2.76. The Hall–Kier alpha value is -0.426. The molecule has 1 rings (SSSR count). The summed E-state index contributed by atoms with van der Waals surface area (Å²) < 4.78 is 0. The van der Waals surface area contributed by atoms with Crippen molar-refractivity contribution in [2.24, 2.45) is 4.99 Å². The maximum absolute atomic E-state index is 7.51. The van der Waals surface area contributed by atoms with Crippen molar-refractivity contribution in [2.75, 3.05) is 13.1 Å². The zero-order valence-corrected chi connectivity index (χ0v) is 15.4. The van der Waals surface area contributed by atoms with Crippen LogP contribution in [0.5, 0.6) is 0 Å². The summed E-state index contributed by atoms with van der Waals surface area (Å²) in [5.41, 5.74) is 0.219. The first-order valence-corrected chi connectivity index (χ1v) is 9.87. The molecule has 0 fully saturated rings. The molecule has 0 unspecified atom stereocenters. The predicted molar refractivity (Wildman–Crippen MR) is 84.2 cm³/mol. The van der Waals surface area contributed by atoms with Crippen LogP contribution < -0.4 is 0 Å². The highest BCUT2D eigenvalue weighted by molar-refractivity contribution is 6.08. The lowest BCUT2D eigenvalue weighted by Crippen LogP contribution is -2.47. The summed E-state index contributed by atoms with van der Waals surface area (Å²) in [5.74, 6) is 0. The van der Waals surface area contributed by atoms with Crippen LogP contribution in [0, 0.1) is 5.41 Å². The normalized spacial score (nSPS) is 18.7. The second-order valence-corrected chi connectivity index (χ2v) is 7.05. The molecule has 0 radical (unpaired) electrons. The first kappa shape index (κ1) is 14.6. The third kappa shape index (κ3) is 4.06. The lowest BCUT2D eigenvalue weighted by atomic mass is 9.84. The molecule has 1 heterocycles. The molecule has 0 amide bonds. The maximum Gasteiger partial charge on any atom is 0.0855 e. The molecule has 98 valence electrons. The van der Waals surface area contributed by atoms with Gasteiger partial charge in [0.15, 0.2) is 0 Å². The first-order valence-electron chi connectivity index (χ1n) is 7.04. The fourth-order valence-electron chi connectivity index (χ4n) is 2.67. The Bertz CT molecular complexity index is 248. The third-order valence-electron chi connectivity index (χ3n) is 3.77. The van der Waals surface area contributed by atoms with Gasteiger partial charge in [-0.2, -0.15) is 0 Å². The van der Waals surface area contributed by atoms with E-state index in [2.05, 4.69) is 9.89 Å². The van der Waals surface area contributed by atoms with E-state index in [4.69, 9.17) is 5.41 Å². The molecule has 3 nitrogen and oxygen atoms in total. The van der Waals surface area contributed by atoms with E-state index in [0.717, 1.165) is 19.5 Å². The molecule has 1 N–H and O–H groups in total. The van der Waals surface area contributed by atoms with Crippen molar-refractivity contribution in [1.82, 2.24) is 4.90 Å².